The maximum atomic E-state index is 13.5. The molecule has 0 spiro atoms. The fraction of sp³-hybridized carbons (Fsp3) is 0.227. The molecule has 7 heteroatoms. The summed E-state index contributed by atoms with van der Waals surface area (Å²) >= 11 is 5.92. The van der Waals surface area contributed by atoms with E-state index in [0.717, 1.165) is 34.1 Å². The number of hydrogen-bond donors (Lipinski definition) is 1. The van der Waals surface area contributed by atoms with Gasteiger partial charge in [-0.1, -0.05) is 41.9 Å². The third-order valence-corrected chi connectivity index (χ3v) is 6.13. The highest BCUT2D eigenvalue weighted by Gasteiger charge is 2.54. The maximum Gasteiger partial charge on any atom is 0.275 e. The van der Waals surface area contributed by atoms with Crippen molar-refractivity contribution in [1.82, 2.24) is 14.9 Å². The van der Waals surface area contributed by atoms with Gasteiger partial charge in [0.2, 0.25) is 5.91 Å². The van der Waals surface area contributed by atoms with Gasteiger partial charge in [0.05, 0.1) is 11.9 Å². The third kappa shape index (κ3) is 2.67. The van der Waals surface area contributed by atoms with Crippen LogP contribution in [0.2, 0.25) is 5.02 Å². The van der Waals surface area contributed by atoms with Crippen LogP contribution in [0.5, 0.6) is 0 Å². The maximum absolute atomic E-state index is 13.5. The van der Waals surface area contributed by atoms with Crippen LogP contribution < -0.4 is 0 Å². The molecule has 146 valence electrons. The van der Waals surface area contributed by atoms with Crippen LogP contribution in [0.4, 0.5) is 0 Å². The molecule has 1 N–H and O–H groups in total. The van der Waals surface area contributed by atoms with Crippen LogP contribution in [-0.4, -0.2) is 46.0 Å². The van der Waals surface area contributed by atoms with Gasteiger partial charge >= 0.3 is 0 Å². The summed E-state index contributed by atoms with van der Waals surface area (Å²) in [5.41, 5.74) is 2.57. The molecule has 0 radical (unpaired) electrons. The Hall–Kier alpha value is -3.12. The van der Waals surface area contributed by atoms with Crippen molar-refractivity contribution >= 4 is 40.5 Å². The van der Waals surface area contributed by atoms with Crippen molar-refractivity contribution in [3.05, 3.63) is 70.4 Å². The molecule has 1 aromatic heterocycles. The minimum atomic E-state index is -1.10. The molecule has 3 heterocycles. The lowest BCUT2D eigenvalue weighted by atomic mass is 9.83. The van der Waals surface area contributed by atoms with Gasteiger partial charge < -0.3 is 9.88 Å². The summed E-state index contributed by atoms with van der Waals surface area (Å²) < 4.78 is 0. The fourth-order valence-corrected chi connectivity index (χ4v) is 4.49. The number of benzene rings is 2. The molecule has 0 saturated carbocycles. The Balaban J connectivity index is 1.56. The first-order valence-corrected chi connectivity index (χ1v) is 9.88. The van der Waals surface area contributed by atoms with E-state index >= 15 is 0 Å². The summed E-state index contributed by atoms with van der Waals surface area (Å²) in [5, 5.41) is 7.33. The molecule has 1 fully saturated rings. The van der Waals surface area contributed by atoms with Gasteiger partial charge in [-0.2, -0.15) is 5.10 Å². The molecule has 3 aromatic rings. The smallest absolute Gasteiger partial charge is 0.275 e. The Kier molecular flexibility index (Phi) is 3.99. The lowest BCUT2D eigenvalue weighted by molar-refractivity contribution is -0.165. The Morgan fingerprint density at radius 3 is 2.69 bits per heavy atom. The van der Waals surface area contributed by atoms with Crippen LogP contribution >= 0.6 is 11.6 Å². The van der Waals surface area contributed by atoms with Crippen molar-refractivity contribution in [2.45, 2.75) is 18.9 Å². The Bertz CT molecular complexity index is 1170. The number of rotatable bonds is 2. The van der Waals surface area contributed by atoms with Crippen LogP contribution in [0.25, 0.3) is 10.9 Å². The van der Waals surface area contributed by atoms with Crippen molar-refractivity contribution in [2.75, 3.05) is 13.1 Å². The van der Waals surface area contributed by atoms with E-state index in [9.17, 15) is 9.59 Å². The Labute approximate surface area is 172 Å². The first-order chi connectivity index (χ1) is 14.0. The van der Waals surface area contributed by atoms with E-state index in [1.807, 2.05) is 37.3 Å². The number of H-pyrrole nitrogens is 1. The zero-order valence-corrected chi connectivity index (χ0v) is 16.6. The van der Waals surface area contributed by atoms with E-state index in [-0.39, 0.29) is 18.4 Å². The second-order valence-electron chi connectivity index (χ2n) is 7.55. The Morgan fingerprint density at radius 2 is 1.90 bits per heavy atom. The molecular formula is C22H19ClN4O2. The number of carbonyl (C=O) groups is 2. The van der Waals surface area contributed by atoms with E-state index in [1.165, 1.54) is 5.01 Å². The first-order valence-electron chi connectivity index (χ1n) is 9.50. The zero-order chi connectivity index (χ0) is 20.2. The molecule has 0 aliphatic carbocycles. The first kappa shape index (κ1) is 17.9. The molecule has 2 aliphatic rings. The van der Waals surface area contributed by atoms with Gasteiger partial charge in [0.1, 0.15) is 6.54 Å². The average Bonchev–Trinajstić information content (AvgIpc) is 3.11. The van der Waals surface area contributed by atoms with Crippen molar-refractivity contribution < 1.29 is 9.59 Å². The average molecular weight is 407 g/mol. The molecule has 6 nitrogen and oxygen atoms in total. The van der Waals surface area contributed by atoms with Gasteiger partial charge in [0.15, 0.2) is 5.54 Å². The molecule has 0 bridgehead atoms. The van der Waals surface area contributed by atoms with Gasteiger partial charge in [-0.05, 0) is 42.7 Å². The molecule has 29 heavy (non-hydrogen) atoms. The predicted octanol–water partition coefficient (Wildman–Crippen LogP) is 3.30. The van der Waals surface area contributed by atoms with E-state index in [1.54, 1.807) is 23.2 Å². The minimum absolute atomic E-state index is 0.0614. The highest BCUT2D eigenvalue weighted by atomic mass is 35.5. The number of nitrogens with zero attached hydrogens (tertiary/aromatic N) is 3. The number of halogens is 1. The summed E-state index contributed by atoms with van der Waals surface area (Å²) in [4.78, 5) is 31.5. The van der Waals surface area contributed by atoms with E-state index in [4.69, 9.17) is 11.6 Å². The van der Waals surface area contributed by atoms with Crippen molar-refractivity contribution in [3.8, 4) is 0 Å². The number of para-hydroxylation sites is 1. The lowest BCUT2D eigenvalue weighted by Crippen LogP contribution is -2.65. The number of amides is 2. The molecule has 1 saturated heterocycles. The quantitative estimate of drug-likeness (QED) is 0.663. The van der Waals surface area contributed by atoms with Crippen molar-refractivity contribution in [2.24, 2.45) is 5.10 Å². The van der Waals surface area contributed by atoms with E-state index < -0.39 is 5.54 Å². The predicted molar refractivity (Wildman–Crippen MR) is 112 cm³/mol. The molecule has 1 atom stereocenters. The molecular weight excluding hydrogens is 388 g/mol. The molecule has 5 rings (SSSR count). The molecule has 0 unspecified atom stereocenters. The monoisotopic (exact) mass is 406 g/mol. The largest absolute Gasteiger partial charge is 0.356 e. The molecule has 2 aromatic carbocycles. The second-order valence-corrected chi connectivity index (χ2v) is 7.99. The van der Waals surface area contributed by atoms with Crippen LogP contribution in [0.3, 0.4) is 0 Å². The SMILES string of the molecule is C[C@@]12C(=O)N(N=Cc3ccc(Cl)cc3)CC(=O)N1CCc1c2[nH]c2ccccc12. The number of nitrogens with one attached hydrogen (secondary N) is 1. The number of fused-ring (bicyclic) bond motifs is 5. The van der Waals surface area contributed by atoms with E-state index in [0.29, 0.717) is 11.6 Å². The van der Waals surface area contributed by atoms with Crippen LogP contribution in [0.1, 0.15) is 23.7 Å². The van der Waals surface area contributed by atoms with Gasteiger partial charge in [0.25, 0.3) is 5.91 Å². The van der Waals surface area contributed by atoms with Crippen molar-refractivity contribution in [3.63, 3.8) is 0 Å². The van der Waals surface area contributed by atoms with Crippen LogP contribution in [-0.2, 0) is 21.5 Å². The number of piperazine rings is 1. The van der Waals surface area contributed by atoms with Gasteiger partial charge in [-0.15, -0.1) is 0 Å². The van der Waals surface area contributed by atoms with E-state index in [2.05, 4.69) is 16.2 Å². The summed E-state index contributed by atoms with van der Waals surface area (Å²) in [6.07, 6.45) is 2.30. The van der Waals surface area contributed by atoms with Crippen molar-refractivity contribution in [1.29, 1.82) is 0 Å². The van der Waals surface area contributed by atoms with Crippen LogP contribution in [0, 0.1) is 0 Å². The van der Waals surface area contributed by atoms with Gasteiger partial charge in [-0.25, -0.2) is 5.01 Å². The number of aromatic nitrogens is 1. The summed E-state index contributed by atoms with van der Waals surface area (Å²) in [7, 11) is 0. The highest BCUT2D eigenvalue weighted by molar-refractivity contribution is 6.30. The topological polar surface area (TPSA) is 68.8 Å². The Morgan fingerprint density at radius 1 is 1.14 bits per heavy atom. The molecule has 2 amide bonds. The summed E-state index contributed by atoms with van der Waals surface area (Å²) in [6, 6.07) is 15.1. The summed E-state index contributed by atoms with van der Waals surface area (Å²) in [6.45, 7) is 2.27. The normalized spacial score (nSPS) is 21.7. The molecule has 2 aliphatic heterocycles. The number of carbonyl (C=O) groups excluding carboxylic acids is 2. The standard InChI is InChI=1S/C22H19ClN4O2/c1-22-20-17(16-4-2-3-5-18(16)25-20)10-11-26(22)19(28)13-27(21(22)29)24-12-14-6-8-15(23)9-7-14/h2-9,12,25H,10-11,13H2,1H3/t22-/m1/s1. The lowest BCUT2D eigenvalue weighted by Gasteiger charge is -2.48. The van der Waals surface area contributed by atoms with Gasteiger partial charge in [0, 0.05) is 22.5 Å². The van der Waals surface area contributed by atoms with Crippen LogP contribution in [0.15, 0.2) is 53.6 Å². The minimum Gasteiger partial charge on any atom is -0.356 e. The number of hydrogen-bond acceptors (Lipinski definition) is 3. The third-order valence-electron chi connectivity index (χ3n) is 5.88. The number of aromatic amines is 1. The fourth-order valence-electron chi connectivity index (χ4n) is 4.37. The number of hydrazone groups is 1. The van der Waals surface area contributed by atoms with Gasteiger partial charge in [-0.3, -0.25) is 9.59 Å². The highest BCUT2D eigenvalue weighted by Crippen LogP contribution is 2.41. The summed E-state index contributed by atoms with van der Waals surface area (Å²) in [5.74, 6) is -0.320. The zero-order valence-electron chi connectivity index (χ0n) is 15.9. The second kappa shape index (κ2) is 6.46.